The van der Waals surface area contributed by atoms with Crippen LogP contribution in [0, 0.1) is 22.7 Å². The van der Waals surface area contributed by atoms with Crippen molar-refractivity contribution in [2.75, 3.05) is 0 Å². The maximum Gasteiger partial charge on any atom is 0.120 e. The summed E-state index contributed by atoms with van der Waals surface area (Å²) in [5.74, 6) is 1.81. The molecule has 1 nitrogen and oxygen atoms in total. The second-order valence-corrected chi connectivity index (χ2v) is 6.05. The van der Waals surface area contributed by atoms with Crippen molar-refractivity contribution in [3.8, 4) is 0 Å². The van der Waals surface area contributed by atoms with Crippen LogP contribution in [-0.4, -0.2) is 6.29 Å². The summed E-state index contributed by atoms with van der Waals surface area (Å²) >= 11 is 0. The molecule has 2 bridgehead atoms. The van der Waals surface area contributed by atoms with Gasteiger partial charge in [-0.1, -0.05) is 20.8 Å². The predicted molar refractivity (Wildman–Crippen MR) is 58.0 cm³/mol. The van der Waals surface area contributed by atoms with Crippen molar-refractivity contribution >= 4 is 6.29 Å². The molecule has 0 aromatic rings. The standard InChI is InChI=1S/C13H22O/c1-12(2)10-5-6-11(9-10)13(12,3)7-4-8-14/h8,10-11H,4-7,9H2,1-3H3. The topological polar surface area (TPSA) is 17.1 Å². The van der Waals surface area contributed by atoms with Crippen molar-refractivity contribution in [2.45, 2.75) is 52.9 Å². The lowest BCUT2D eigenvalue weighted by Crippen LogP contribution is -2.40. The molecule has 0 amide bonds. The van der Waals surface area contributed by atoms with Gasteiger partial charge in [0.25, 0.3) is 0 Å². The maximum absolute atomic E-state index is 10.5. The van der Waals surface area contributed by atoms with Crippen molar-refractivity contribution in [3.63, 3.8) is 0 Å². The normalized spacial score (nSPS) is 44.2. The third kappa shape index (κ3) is 1.11. The molecule has 0 aromatic heterocycles. The molecule has 3 unspecified atom stereocenters. The van der Waals surface area contributed by atoms with Gasteiger partial charge in [0.15, 0.2) is 0 Å². The third-order valence-electron chi connectivity index (χ3n) is 5.61. The molecule has 14 heavy (non-hydrogen) atoms. The summed E-state index contributed by atoms with van der Waals surface area (Å²) in [5.41, 5.74) is 0.885. The molecule has 0 aliphatic heterocycles. The van der Waals surface area contributed by atoms with E-state index in [1.807, 2.05) is 0 Å². The van der Waals surface area contributed by atoms with Crippen LogP contribution in [0.25, 0.3) is 0 Å². The molecule has 0 spiro atoms. The molecule has 2 aliphatic rings. The number of hydrogen-bond acceptors (Lipinski definition) is 1. The quantitative estimate of drug-likeness (QED) is 0.629. The van der Waals surface area contributed by atoms with Crippen molar-refractivity contribution < 1.29 is 4.79 Å². The summed E-state index contributed by atoms with van der Waals surface area (Å²) in [7, 11) is 0. The second-order valence-electron chi connectivity index (χ2n) is 6.05. The number of carbonyl (C=O) groups excluding carboxylic acids is 1. The summed E-state index contributed by atoms with van der Waals surface area (Å²) in [6.45, 7) is 7.25. The van der Waals surface area contributed by atoms with Gasteiger partial charge >= 0.3 is 0 Å². The minimum Gasteiger partial charge on any atom is -0.303 e. The number of fused-ring (bicyclic) bond motifs is 2. The summed E-state index contributed by atoms with van der Waals surface area (Å²) in [4.78, 5) is 10.5. The van der Waals surface area contributed by atoms with Gasteiger partial charge in [-0.05, 0) is 48.3 Å². The van der Waals surface area contributed by atoms with Crippen molar-refractivity contribution in [1.82, 2.24) is 0 Å². The number of rotatable bonds is 3. The van der Waals surface area contributed by atoms with E-state index >= 15 is 0 Å². The minimum absolute atomic E-state index is 0.427. The van der Waals surface area contributed by atoms with E-state index in [-0.39, 0.29) is 0 Å². The first-order chi connectivity index (χ1) is 6.52. The first kappa shape index (κ1) is 10.2. The Labute approximate surface area is 87.3 Å². The number of aldehydes is 1. The highest BCUT2D eigenvalue weighted by atomic mass is 16.1. The maximum atomic E-state index is 10.5. The van der Waals surface area contributed by atoms with Gasteiger partial charge in [0.05, 0.1) is 0 Å². The average Bonchev–Trinajstić information content (AvgIpc) is 2.67. The first-order valence-electron chi connectivity index (χ1n) is 5.96. The van der Waals surface area contributed by atoms with Gasteiger partial charge in [0.1, 0.15) is 6.29 Å². The van der Waals surface area contributed by atoms with Crippen molar-refractivity contribution in [1.29, 1.82) is 0 Å². The van der Waals surface area contributed by atoms with E-state index in [9.17, 15) is 4.79 Å². The van der Waals surface area contributed by atoms with E-state index in [1.54, 1.807) is 0 Å². The molecule has 2 fully saturated rings. The largest absolute Gasteiger partial charge is 0.303 e. The Balaban J connectivity index is 2.20. The highest BCUT2D eigenvalue weighted by Gasteiger charge is 2.59. The van der Waals surface area contributed by atoms with Crippen LogP contribution >= 0.6 is 0 Å². The fourth-order valence-corrected chi connectivity index (χ4v) is 4.09. The smallest absolute Gasteiger partial charge is 0.120 e. The van der Waals surface area contributed by atoms with Crippen LogP contribution in [0.15, 0.2) is 0 Å². The van der Waals surface area contributed by atoms with E-state index in [4.69, 9.17) is 0 Å². The molecule has 0 saturated heterocycles. The Kier molecular flexibility index (Phi) is 2.24. The van der Waals surface area contributed by atoms with Gasteiger partial charge in [-0.2, -0.15) is 0 Å². The summed E-state index contributed by atoms with van der Waals surface area (Å²) in [6, 6.07) is 0. The average molecular weight is 194 g/mol. The van der Waals surface area contributed by atoms with E-state index in [2.05, 4.69) is 20.8 Å². The van der Waals surface area contributed by atoms with Crippen LogP contribution in [0.4, 0.5) is 0 Å². The minimum atomic E-state index is 0.427. The SMILES string of the molecule is CC1(C)C2CCC(C2)C1(C)CCC=O. The Hall–Kier alpha value is -0.330. The molecule has 2 aliphatic carbocycles. The van der Waals surface area contributed by atoms with Gasteiger partial charge in [0, 0.05) is 6.42 Å². The Bertz CT molecular complexity index is 244. The van der Waals surface area contributed by atoms with E-state index in [0.29, 0.717) is 10.8 Å². The van der Waals surface area contributed by atoms with Crippen LogP contribution in [0.3, 0.4) is 0 Å². The van der Waals surface area contributed by atoms with Crippen molar-refractivity contribution in [3.05, 3.63) is 0 Å². The lowest BCUT2D eigenvalue weighted by atomic mass is 9.57. The Morgan fingerprint density at radius 2 is 1.86 bits per heavy atom. The molecule has 0 N–H and O–H groups in total. The van der Waals surface area contributed by atoms with Crippen LogP contribution in [0.1, 0.15) is 52.9 Å². The van der Waals surface area contributed by atoms with Crippen LogP contribution in [-0.2, 0) is 4.79 Å². The molecule has 0 radical (unpaired) electrons. The monoisotopic (exact) mass is 194 g/mol. The van der Waals surface area contributed by atoms with Crippen molar-refractivity contribution in [2.24, 2.45) is 22.7 Å². The Morgan fingerprint density at radius 1 is 1.21 bits per heavy atom. The lowest BCUT2D eigenvalue weighted by Gasteiger charge is -2.48. The predicted octanol–water partition coefficient (Wildman–Crippen LogP) is 3.43. The molecule has 0 aromatic carbocycles. The zero-order valence-electron chi connectivity index (χ0n) is 9.68. The van der Waals surface area contributed by atoms with Crippen LogP contribution in [0.5, 0.6) is 0 Å². The van der Waals surface area contributed by atoms with Gasteiger partial charge in [-0.15, -0.1) is 0 Å². The van der Waals surface area contributed by atoms with Gasteiger partial charge in [0.2, 0.25) is 0 Å². The number of hydrogen-bond donors (Lipinski definition) is 0. The molecule has 80 valence electrons. The lowest BCUT2D eigenvalue weighted by molar-refractivity contribution is -0.109. The molecule has 3 atom stereocenters. The van der Waals surface area contributed by atoms with Gasteiger partial charge in [-0.25, -0.2) is 0 Å². The van der Waals surface area contributed by atoms with Crippen LogP contribution < -0.4 is 0 Å². The highest BCUT2D eigenvalue weighted by molar-refractivity contribution is 5.49. The molecule has 1 heteroatoms. The first-order valence-corrected chi connectivity index (χ1v) is 5.96. The van der Waals surface area contributed by atoms with Gasteiger partial charge in [-0.3, -0.25) is 0 Å². The fraction of sp³-hybridized carbons (Fsp3) is 0.923. The third-order valence-corrected chi connectivity index (χ3v) is 5.61. The summed E-state index contributed by atoms with van der Waals surface area (Å²) in [6.07, 6.45) is 7.20. The fourth-order valence-electron chi connectivity index (χ4n) is 4.09. The zero-order valence-corrected chi connectivity index (χ0v) is 9.68. The number of carbonyl (C=O) groups is 1. The molecule has 0 heterocycles. The molecular weight excluding hydrogens is 172 g/mol. The molecular formula is C13H22O. The zero-order chi connectivity index (χ0) is 10.4. The highest BCUT2D eigenvalue weighted by Crippen LogP contribution is 2.67. The van der Waals surface area contributed by atoms with E-state index < -0.39 is 0 Å². The van der Waals surface area contributed by atoms with E-state index in [0.717, 1.165) is 31.0 Å². The molecule has 2 saturated carbocycles. The summed E-state index contributed by atoms with van der Waals surface area (Å²) in [5, 5.41) is 0. The summed E-state index contributed by atoms with van der Waals surface area (Å²) < 4.78 is 0. The van der Waals surface area contributed by atoms with E-state index in [1.165, 1.54) is 19.3 Å². The van der Waals surface area contributed by atoms with Crippen LogP contribution in [0.2, 0.25) is 0 Å². The Morgan fingerprint density at radius 3 is 2.36 bits per heavy atom. The molecule has 2 rings (SSSR count). The van der Waals surface area contributed by atoms with Gasteiger partial charge < -0.3 is 4.79 Å². The second kappa shape index (κ2) is 3.08.